The number of carbonyl (C=O) groups is 1. The Morgan fingerprint density at radius 1 is 1.47 bits per heavy atom. The van der Waals surface area contributed by atoms with Crippen molar-refractivity contribution in [2.75, 3.05) is 0 Å². The van der Waals surface area contributed by atoms with E-state index in [2.05, 4.69) is 5.10 Å². The molecule has 0 spiro atoms. The lowest BCUT2D eigenvalue weighted by atomic mass is 10.2. The maximum Gasteiger partial charge on any atom is 0.473 e. The molecule has 0 saturated carbocycles. The number of nitro benzene ring substituents is 1. The molecule has 10 heteroatoms. The number of amides is 1. The van der Waals surface area contributed by atoms with Gasteiger partial charge in [-0.05, 0) is 6.07 Å². The molecule has 0 saturated heterocycles. The van der Waals surface area contributed by atoms with Gasteiger partial charge in [-0.15, -0.1) is 0 Å². The van der Waals surface area contributed by atoms with E-state index in [1.54, 1.807) is 0 Å². The van der Waals surface area contributed by atoms with Crippen LogP contribution in [0.15, 0.2) is 23.3 Å². The highest BCUT2D eigenvalue weighted by molar-refractivity contribution is 6.33. The van der Waals surface area contributed by atoms with Crippen molar-refractivity contribution in [3.8, 4) is 0 Å². The summed E-state index contributed by atoms with van der Waals surface area (Å²) in [5, 5.41) is 13.5. The predicted molar refractivity (Wildman–Crippen MR) is 59.9 cm³/mol. The standard InChI is InChI=1S/C9H5ClF3N3O3/c10-7-2-1-6(16(18)19)3-5(7)4-14-15-8(17)9(11,12)13/h1-4H,(H,15,17)/b14-4+. The van der Waals surface area contributed by atoms with E-state index in [1.165, 1.54) is 11.5 Å². The number of rotatable bonds is 3. The van der Waals surface area contributed by atoms with Gasteiger partial charge in [-0.3, -0.25) is 14.9 Å². The van der Waals surface area contributed by atoms with Crippen LogP contribution in [0.25, 0.3) is 0 Å². The van der Waals surface area contributed by atoms with Gasteiger partial charge in [0, 0.05) is 22.7 Å². The van der Waals surface area contributed by atoms with E-state index < -0.39 is 17.0 Å². The Kier molecular flexibility index (Phi) is 4.43. The fourth-order valence-electron chi connectivity index (χ4n) is 0.967. The molecule has 0 atom stereocenters. The van der Waals surface area contributed by atoms with Gasteiger partial charge in [-0.2, -0.15) is 18.3 Å². The molecule has 1 amide bonds. The van der Waals surface area contributed by atoms with E-state index in [9.17, 15) is 28.1 Å². The van der Waals surface area contributed by atoms with E-state index in [1.807, 2.05) is 0 Å². The second kappa shape index (κ2) is 5.65. The number of halogens is 4. The van der Waals surface area contributed by atoms with Gasteiger partial charge in [0.05, 0.1) is 11.1 Å². The van der Waals surface area contributed by atoms with Crippen LogP contribution >= 0.6 is 11.6 Å². The number of nitrogens with one attached hydrogen (secondary N) is 1. The summed E-state index contributed by atoms with van der Waals surface area (Å²) in [6.45, 7) is 0. The molecule has 0 aliphatic heterocycles. The summed E-state index contributed by atoms with van der Waals surface area (Å²) in [4.78, 5) is 20.2. The molecule has 0 bridgehead atoms. The molecule has 1 rings (SSSR count). The fourth-order valence-corrected chi connectivity index (χ4v) is 1.13. The first-order valence-electron chi connectivity index (χ1n) is 4.56. The number of hydrazone groups is 1. The zero-order valence-electron chi connectivity index (χ0n) is 8.94. The molecule has 0 heterocycles. The van der Waals surface area contributed by atoms with Crippen molar-refractivity contribution in [1.82, 2.24) is 5.43 Å². The van der Waals surface area contributed by atoms with Crippen LogP contribution in [0.5, 0.6) is 0 Å². The number of hydrogen-bond donors (Lipinski definition) is 1. The third kappa shape index (κ3) is 4.21. The SMILES string of the molecule is O=C(N/N=C/c1cc([N+](=O)[O-])ccc1Cl)C(F)(F)F. The second-order valence-corrected chi connectivity index (χ2v) is 3.57. The van der Waals surface area contributed by atoms with E-state index in [0.29, 0.717) is 0 Å². The van der Waals surface area contributed by atoms with Gasteiger partial charge < -0.3 is 0 Å². The minimum absolute atomic E-state index is 0.00154. The normalized spacial score (nSPS) is 11.6. The lowest BCUT2D eigenvalue weighted by Gasteiger charge is -2.03. The van der Waals surface area contributed by atoms with Crippen LogP contribution in [0.2, 0.25) is 5.02 Å². The summed E-state index contributed by atoms with van der Waals surface area (Å²) < 4.78 is 35.5. The smallest absolute Gasteiger partial charge is 0.263 e. The van der Waals surface area contributed by atoms with E-state index >= 15 is 0 Å². The van der Waals surface area contributed by atoms with Crippen molar-refractivity contribution in [2.45, 2.75) is 6.18 Å². The van der Waals surface area contributed by atoms with Crippen LogP contribution in [0.3, 0.4) is 0 Å². The molecule has 0 aliphatic rings. The number of alkyl halides is 3. The molecule has 1 aromatic carbocycles. The summed E-state index contributed by atoms with van der Waals surface area (Å²) in [7, 11) is 0. The number of non-ortho nitro benzene ring substituents is 1. The van der Waals surface area contributed by atoms with Crippen molar-refractivity contribution in [1.29, 1.82) is 0 Å². The van der Waals surface area contributed by atoms with Gasteiger partial charge in [-0.1, -0.05) is 11.6 Å². The predicted octanol–water partition coefficient (Wildman–Crippen LogP) is 2.26. The number of carbonyl (C=O) groups excluding carboxylic acids is 1. The van der Waals surface area contributed by atoms with Crippen molar-refractivity contribution in [3.05, 3.63) is 38.9 Å². The largest absolute Gasteiger partial charge is 0.473 e. The van der Waals surface area contributed by atoms with Crippen LogP contribution in [0.4, 0.5) is 18.9 Å². The molecule has 1 aromatic rings. The second-order valence-electron chi connectivity index (χ2n) is 3.16. The molecule has 0 aliphatic carbocycles. The number of nitro groups is 1. The zero-order chi connectivity index (χ0) is 14.6. The van der Waals surface area contributed by atoms with Gasteiger partial charge in [0.1, 0.15) is 0 Å². The highest BCUT2D eigenvalue weighted by Gasteiger charge is 2.38. The van der Waals surface area contributed by atoms with Gasteiger partial charge in [0.2, 0.25) is 0 Å². The Labute approximate surface area is 109 Å². The van der Waals surface area contributed by atoms with E-state index in [4.69, 9.17) is 11.6 Å². The third-order valence-electron chi connectivity index (χ3n) is 1.82. The zero-order valence-corrected chi connectivity index (χ0v) is 9.70. The van der Waals surface area contributed by atoms with Crippen LogP contribution in [0.1, 0.15) is 5.56 Å². The van der Waals surface area contributed by atoms with Gasteiger partial charge >= 0.3 is 12.1 Å². The summed E-state index contributed by atoms with van der Waals surface area (Å²) >= 11 is 5.66. The van der Waals surface area contributed by atoms with Crippen LogP contribution in [-0.4, -0.2) is 23.2 Å². The molecular formula is C9H5ClF3N3O3. The number of nitrogens with zero attached hydrogens (tertiary/aromatic N) is 2. The Bertz CT molecular complexity index is 545. The number of hydrogen-bond acceptors (Lipinski definition) is 4. The summed E-state index contributed by atoms with van der Waals surface area (Å²) in [6, 6.07) is 3.31. The molecular weight excluding hydrogens is 291 g/mol. The fraction of sp³-hybridized carbons (Fsp3) is 0.111. The first-order valence-corrected chi connectivity index (χ1v) is 4.94. The Hall–Kier alpha value is -2.16. The molecule has 0 aromatic heterocycles. The molecule has 6 nitrogen and oxygen atoms in total. The van der Waals surface area contributed by atoms with Crippen LogP contribution in [-0.2, 0) is 4.79 Å². The highest BCUT2D eigenvalue weighted by Crippen LogP contribution is 2.20. The van der Waals surface area contributed by atoms with Crippen molar-refractivity contribution in [3.63, 3.8) is 0 Å². The molecule has 1 N–H and O–H groups in total. The molecule has 19 heavy (non-hydrogen) atoms. The molecule has 0 unspecified atom stereocenters. The van der Waals surface area contributed by atoms with Crippen molar-refractivity contribution >= 4 is 29.4 Å². The first kappa shape index (κ1) is 14.9. The average molecular weight is 296 g/mol. The van der Waals surface area contributed by atoms with Crippen LogP contribution in [0, 0.1) is 10.1 Å². The summed E-state index contributed by atoms with van der Waals surface area (Å²) in [6.07, 6.45) is -4.29. The maximum atomic E-state index is 11.8. The summed E-state index contributed by atoms with van der Waals surface area (Å²) in [5.74, 6) is -2.26. The average Bonchev–Trinajstić information content (AvgIpc) is 2.29. The third-order valence-corrected chi connectivity index (χ3v) is 2.16. The minimum Gasteiger partial charge on any atom is -0.263 e. The Balaban J connectivity index is 2.85. The van der Waals surface area contributed by atoms with Crippen molar-refractivity contribution < 1.29 is 22.9 Å². The minimum atomic E-state index is -5.07. The lowest BCUT2D eigenvalue weighted by Crippen LogP contribution is -2.33. The lowest BCUT2D eigenvalue weighted by molar-refractivity contribution is -0.384. The monoisotopic (exact) mass is 295 g/mol. The Morgan fingerprint density at radius 2 is 2.11 bits per heavy atom. The Morgan fingerprint density at radius 3 is 2.63 bits per heavy atom. The topological polar surface area (TPSA) is 84.6 Å². The van der Waals surface area contributed by atoms with Gasteiger partial charge in [0.25, 0.3) is 5.69 Å². The van der Waals surface area contributed by atoms with E-state index in [-0.39, 0.29) is 16.3 Å². The molecule has 102 valence electrons. The molecule has 0 fully saturated rings. The number of benzene rings is 1. The quantitative estimate of drug-likeness (QED) is 0.527. The highest BCUT2D eigenvalue weighted by atomic mass is 35.5. The van der Waals surface area contributed by atoms with Crippen molar-refractivity contribution in [2.24, 2.45) is 5.10 Å². The maximum absolute atomic E-state index is 11.8. The first-order chi connectivity index (χ1) is 8.71. The molecule has 0 radical (unpaired) electrons. The van der Waals surface area contributed by atoms with Crippen LogP contribution < -0.4 is 5.43 Å². The van der Waals surface area contributed by atoms with Gasteiger partial charge in [0.15, 0.2) is 0 Å². The summed E-state index contributed by atoms with van der Waals surface area (Å²) in [5.41, 5.74) is 0.910. The van der Waals surface area contributed by atoms with Gasteiger partial charge in [-0.25, -0.2) is 5.43 Å². The van der Waals surface area contributed by atoms with E-state index in [0.717, 1.165) is 18.3 Å².